The first kappa shape index (κ1) is 33.0. The van der Waals surface area contributed by atoms with Crippen molar-refractivity contribution in [1.29, 1.82) is 0 Å². The number of benzene rings is 2. The minimum atomic E-state index is -5.37. The van der Waals surface area contributed by atoms with E-state index in [0.29, 0.717) is 10.5 Å². The maximum absolute atomic E-state index is 14.9. The molecule has 0 atom stereocenters. The van der Waals surface area contributed by atoms with Crippen LogP contribution in [0.5, 0.6) is 0 Å². The van der Waals surface area contributed by atoms with Crippen molar-refractivity contribution in [3.63, 3.8) is 0 Å². The van der Waals surface area contributed by atoms with E-state index in [1.165, 1.54) is 32.0 Å². The number of aliphatic hydroxyl groups excluding tert-OH is 2. The Balaban J connectivity index is 1.91. The molecule has 1 aliphatic rings. The summed E-state index contributed by atoms with van der Waals surface area (Å²) in [5.41, 5.74) is -0.182. The van der Waals surface area contributed by atoms with E-state index in [4.69, 9.17) is 0 Å². The number of alkyl halides is 3. The van der Waals surface area contributed by atoms with Crippen molar-refractivity contribution in [1.82, 2.24) is 20.3 Å². The van der Waals surface area contributed by atoms with E-state index in [1.54, 1.807) is 6.92 Å². The minimum absolute atomic E-state index is 0.0226. The normalized spacial score (nSPS) is 13.1. The lowest BCUT2D eigenvalue weighted by Gasteiger charge is -2.31. The van der Waals surface area contributed by atoms with Crippen molar-refractivity contribution in [3.05, 3.63) is 64.7 Å². The standard InChI is InChI=1S/C28H27F5N6O6/c1-13(2)39(45-25(43)28(31,32)33)24(42)15-8-7-14(3)17(9-15)21-18-10-34-27(44)38(22-19(29)5-4-6-20(22)30)23(18)37-26(36-21)35-16(11-40)12-41/h4-9,13,16,40-41H,10-12H2,1-3H3,(H,34,44)(H,35,36,37). The fraction of sp³-hybridized carbons (Fsp3) is 0.321. The smallest absolute Gasteiger partial charge is 0.394 e. The third-order valence-corrected chi connectivity index (χ3v) is 6.57. The second kappa shape index (κ2) is 13.0. The molecule has 0 unspecified atom stereocenters. The highest BCUT2D eigenvalue weighted by atomic mass is 19.4. The molecule has 1 aliphatic heterocycles. The number of hydroxylamine groups is 2. The second-order valence-corrected chi connectivity index (χ2v) is 10.1. The Morgan fingerprint density at radius 1 is 1.11 bits per heavy atom. The minimum Gasteiger partial charge on any atom is -0.394 e. The van der Waals surface area contributed by atoms with Gasteiger partial charge < -0.3 is 25.7 Å². The van der Waals surface area contributed by atoms with Crippen LogP contribution in [-0.4, -0.2) is 74.6 Å². The number of anilines is 3. The lowest BCUT2D eigenvalue weighted by molar-refractivity contribution is -0.232. The van der Waals surface area contributed by atoms with Gasteiger partial charge in [-0.3, -0.25) is 4.79 Å². The number of urea groups is 1. The number of para-hydroxylation sites is 1. The number of nitrogens with one attached hydrogen (secondary N) is 2. The molecule has 0 bridgehead atoms. The van der Waals surface area contributed by atoms with Crippen LogP contribution in [0.1, 0.15) is 35.3 Å². The molecule has 0 radical (unpaired) electrons. The Kier molecular flexibility index (Phi) is 9.53. The van der Waals surface area contributed by atoms with Gasteiger partial charge >= 0.3 is 18.2 Å². The lowest BCUT2D eigenvalue weighted by Crippen LogP contribution is -2.43. The average molecular weight is 639 g/mol. The Morgan fingerprint density at radius 2 is 1.76 bits per heavy atom. The summed E-state index contributed by atoms with van der Waals surface area (Å²) in [6, 6.07) is 3.98. The molecule has 2 aromatic carbocycles. The number of carbonyl (C=O) groups excluding carboxylic acids is 3. The topological polar surface area (TPSA) is 157 Å². The highest BCUT2D eigenvalue weighted by Gasteiger charge is 2.44. The van der Waals surface area contributed by atoms with Crippen LogP contribution in [0.4, 0.5) is 44.2 Å². The van der Waals surface area contributed by atoms with E-state index >= 15 is 0 Å². The molecular formula is C28H27F5N6O6. The molecular weight excluding hydrogens is 611 g/mol. The number of amides is 3. The highest BCUT2D eigenvalue weighted by Crippen LogP contribution is 2.39. The van der Waals surface area contributed by atoms with Crippen LogP contribution in [0, 0.1) is 18.6 Å². The summed E-state index contributed by atoms with van der Waals surface area (Å²) in [5.74, 6) is -6.45. The van der Waals surface area contributed by atoms with Gasteiger partial charge in [0.1, 0.15) is 17.3 Å². The van der Waals surface area contributed by atoms with Crippen LogP contribution in [-0.2, 0) is 16.2 Å². The number of hydrogen-bond acceptors (Lipinski definition) is 9. The van der Waals surface area contributed by atoms with Crippen molar-refractivity contribution in [2.45, 2.75) is 45.6 Å². The second-order valence-electron chi connectivity index (χ2n) is 10.1. The van der Waals surface area contributed by atoms with Crippen LogP contribution in [0.15, 0.2) is 36.4 Å². The van der Waals surface area contributed by atoms with Crippen molar-refractivity contribution in [2.75, 3.05) is 23.4 Å². The largest absolute Gasteiger partial charge is 0.493 e. The van der Waals surface area contributed by atoms with Crippen LogP contribution in [0.25, 0.3) is 11.3 Å². The summed E-state index contributed by atoms with van der Waals surface area (Å²) in [5, 5.41) is 24.6. The molecule has 2 heterocycles. The molecule has 1 aromatic heterocycles. The molecule has 4 rings (SSSR count). The van der Waals surface area contributed by atoms with Gasteiger partial charge in [0.05, 0.1) is 37.5 Å². The third kappa shape index (κ3) is 6.78. The summed E-state index contributed by atoms with van der Waals surface area (Å²) in [6.07, 6.45) is -5.37. The monoisotopic (exact) mass is 638 g/mol. The Hall–Kier alpha value is -4.90. The summed E-state index contributed by atoms with van der Waals surface area (Å²) < 4.78 is 68.6. The first-order valence-electron chi connectivity index (χ1n) is 13.3. The maximum atomic E-state index is 14.9. The van der Waals surface area contributed by atoms with Crippen molar-refractivity contribution in [2.24, 2.45) is 0 Å². The molecule has 0 fully saturated rings. The molecule has 45 heavy (non-hydrogen) atoms. The summed E-state index contributed by atoms with van der Waals surface area (Å²) >= 11 is 0. The molecule has 0 saturated heterocycles. The number of rotatable bonds is 8. The van der Waals surface area contributed by atoms with Crippen LogP contribution in [0.3, 0.4) is 0 Å². The van der Waals surface area contributed by atoms with Gasteiger partial charge in [-0.15, -0.1) is 0 Å². The molecule has 12 nitrogen and oxygen atoms in total. The fourth-order valence-corrected chi connectivity index (χ4v) is 4.35. The number of hydrogen-bond donors (Lipinski definition) is 4. The van der Waals surface area contributed by atoms with E-state index in [-0.39, 0.29) is 45.8 Å². The Morgan fingerprint density at radius 3 is 2.33 bits per heavy atom. The van der Waals surface area contributed by atoms with Crippen molar-refractivity contribution >= 4 is 35.4 Å². The van der Waals surface area contributed by atoms with Gasteiger partial charge in [0.2, 0.25) is 5.95 Å². The van der Waals surface area contributed by atoms with Crippen molar-refractivity contribution in [3.8, 4) is 11.3 Å². The molecule has 17 heteroatoms. The maximum Gasteiger partial charge on any atom is 0.493 e. The molecule has 0 spiro atoms. The van der Waals surface area contributed by atoms with Gasteiger partial charge in [0.15, 0.2) is 5.82 Å². The Bertz CT molecular complexity index is 1610. The van der Waals surface area contributed by atoms with E-state index in [1.807, 2.05) is 0 Å². The fourth-order valence-electron chi connectivity index (χ4n) is 4.35. The Labute approximate surface area is 252 Å². The average Bonchev–Trinajstić information content (AvgIpc) is 2.98. The summed E-state index contributed by atoms with van der Waals surface area (Å²) in [6.45, 7) is 2.85. The van der Waals surface area contributed by atoms with E-state index in [0.717, 1.165) is 18.2 Å². The zero-order valence-corrected chi connectivity index (χ0v) is 23.9. The lowest BCUT2D eigenvalue weighted by atomic mass is 9.97. The first-order chi connectivity index (χ1) is 21.2. The molecule has 3 amide bonds. The van der Waals surface area contributed by atoms with Gasteiger partial charge in [0, 0.05) is 16.7 Å². The first-order valence-corrected chi connectivity index (χ1v) is 13.3. The third-order valence-electron chi connectivity index (χ3n) is 6.57. The van der Waals surface area contributed by atoms with Crippen LogP contribution in [0.2, 0.25) is 0 Å². The van der Waals surface area contributed by atoms with Gasteiger partial charge in [-0.05, 0) is 50.6 Å². The van der Waals surface area contributed by atoms with Crippen LogP contribution < -0.4 is 15.5 Å². The van der Waals surface area contributed by atoms with Gasteiger partial charge in [-0.25, -0.2) is 28.3 Å². The number of halogens is 5. The van der Waals surface area contributed by atoms with E-state index < -0.39 is 66.7 Å². The quantitative estimate of drug-likeness (QED) is 0.213. The zero-order valence-electron chi connectivity index (χ0n) is 23.9. The molecule has 0 aliphatic carbocycles. The number of aromatic nitrogens is 2. The summed E-state index contributed by atoms with van der Waals surface area (Å²) in [7, 11) is 0. The number of carbonyl (C=O) groups is 3. The van der Waals surface area contributed by atoms with Crippen LogP contribution >= 0.6 is 0 Å². The molecule has 0 saturated carbocycles. The zero-order chi connectivity index (χ0) is 33.2. The predicted molar refractivity (Wildman–Crippen MR) is 148 cm³/mol. The predicted octanol–water partition coefficient (Wildman–Crippen LogP) is 3.73. The van der Waals surface area contributed by atoms with Gasteiger partial charge in [-0.1, -0.05) is 12.1 Å². The summed E-state index contributed by atoms with van der Waals surface area (Å²) in [4.78, 5) is 51.6. The SMILES string of the molecule is Cc1ccc(C(=O)N(OC(=O)C(F)(F)F)C(C)C)cc1-c1nc(NC(CO)CO)nc2c1CNC(=O)N2c1c(F)cccc1F. The van der Waals surface area contributed by atoms with E-state index in [2.05, 4.69) is 25.4 Å². The molecule has 240 valence electrons. The van der Waals surface area contributed by atoms with Gasteiger partial charge in [0.25, 0.3) is 5.91 Å². The van der Waals surface area contributed by atoms with E-state index in [9.17, 15) is 46.5 Å². The highest BCUT2D eigenvalue weighted by molar-refractivity contribution is 6.02. The number of fused-ring (bicyclic) bond motifs is 1. The van der Waals surface area contributed by atoms with Crippen molar-refractivity contribution < 1.29 is 51.4 Å². The number of nitrogens with zero attached hydrogens (tertiary/aromatic N) is 4. The van der Waals surface area contributed by atoms with Gasteiger partial charge in [-0.2, -0.15) is 23.2 Å². The number of aryl methyl sites for hydroxylation is 1. The number of aliphatic hydroxyl groups is 2. The molecule has 4 N–H and O–H groups in total. The molecule has 3 aromatic rings.